The highest BCUT2D eigenvalue weighted by molar-refractivity contribution is 7.13. The van der Waals surface area contributed by atoms with Crippen molar-refractivity contribution in [2.75, 3.05) is 0 Å². The van der Waals surface area contributed by atoms with Crippen LogP contribution in [-0.2, 0) is 11.3 Å². The van der Waals surface area contributed by atoms with Crippen LogP contribution < -0.4 is 5.32 Å². The lowest BCUT2D eigenvalue weighted by atomic mass is 9.86. The normalized spacial score (nSPS) is 22.3. The maximum Gasteiger partial charge on any atom is 0.306 e. The van der Waals surface area contributed by atoms with E-state index in [9.17, 15) is 4.79 Å². The number of carbonyl (C=O) groups is 1. The third-order valence-corrected chi connectivity index (χ3v) is 4.63. The summed E-state index contributed by atoms with van der Waals surface area (Å²) in [6.45, 7) is 0.506. The monoisotopic (exact) mass is 307 g/mol. The van der Waals surface area contributed by atoms with Crippen molar-refractivity contribution >= 4 is 17.3 Å². The molecule has 0 radical (unpaired) electrons. The first-order chi connectivity index (χ1) is 10.2. The fourth-order valence-electron chi connectivity index (χ4n) is 2.66. The zero-order valence-corrected chi connectivity index (χ0v) is 12.3. The zero-order valence-electron chi connectivity index (χ0n) is 11.5. The van der Waals surface area contributed by atoms with Crippen LogP contribution >= 0.6 is 11.3 Å². The van der Waals surface area contributed by atoms with E-state index in [-0.39, 0.29) is 12.0 Å². The number of nitrogens with one attached hydrogen (secondary N) is 1. The summed E-state index contributed by atoms with van der Waals surface area (Å²) in [4.78, 5) is 16.3. The average Bonchev–Trinajstić information content (AvgIpc) is 3.16. The van der Waals surface area contributed by atoms with Crippen LogP contribution in [0.25, 0.3) is 10.8 Å². The second-order valence-electron chi connectivity index (χ2n) is 5.27. The Balaban J connectivity index is 1.54. The number of rotatable bonds is 5. The lowest BCUT2D eigenvalue weighted by Gasteiger charge is -2.26. The minimum atomic E-state index is -0.693. The summed E-state index contributed by atoms with van der Waals surface area (Å²) in [5.74, 6) is 0.217. The first-order valence-corrected chi connectivity index (χ1v) is 7.93. The van der Waals surface area contributed by atoms with Gasteiger partial charge in [0, 0.05) is 6.04 Å². The van der Waals surface area contributed by atoms with Gasteiger partial charge in [-0.15, -0.1) is 11.3 Å². The van der Waals surface area contributed by atoms with Crippen molar-refractivity contribution in [2.24, 2.45) is 5.92 Å². The Morgan fingerprint density at radius 3 is 3.19 bits per heavy atom. The van der Waals surface area contributed by atoms with E-state index in [1.54, 1.807) is 11.3 Å². The maximum absolute atomic E-state index is 11.0. The average molecular weight is 307 g/mol. The molecule has 1 aliphatic carbocycles. The largest absolute Gasteiger partial charge is 0.481 e. The van der Waals surface area contributed by atoms with Gasteiger partial charge in [-0.3, -0.25) is 4.79 Å². The number of hydrogen-bond acceptors (Lipinski definition) is 6. The highest BCUT2D eigenvalue weighted by Crippen LogP contribution is 2.25. The van der Waals surface area contributed by atoms with Gasteiger partial charge in [0.1, 0.15) is 0 Å². The SMILES string of the molecule is O=C(O)C1CCCC(NCc2noc(-c3cccs3)n2)C1. The van der Waals surface area contributed by atoms with Crippen LogP contribution in [0.3, 0.4) is 0 Å². The molecule has 0 amide bonds. The minimum absolute atomic E-state index is 0.212. The summed E-state index contributed by atoms with van der Waals surface area (Å²) in [7, 11) is 0. The van der Waals surface area contributed by atoms with Crippen molar-refractivity contribution in [1.29, 1.82) is 0 Å². The fraction of sp³-hybridized carbons (Fsp3) is 0.500. The highest BCUT2D eigenvalue weighted by atomic mass is 32.1. The highest BCUT2D eigenvalue weighted by Gasteiger charge is 2.26. The number of carboxylic acids is 1. The topological polar surface area (TPSA) is 88.2 Å². The third-order valence-electron chi connectivity index (χ3n) is 3.77. The van der Waals surface area contributed by atoms with Crippen molar-refractivity contribution in [3.63, 3.8) is 0 Å². The van der Waals surface area contributed by atoms with Gasteiger partial charge < -0.3 is 14.9 Å². The molecule has 2 aromatic rings. The molecule has 21 heavy (non-hydrogen) atoms. The first-order valence-electron chi connectivity index (χ1n) is 7.05. The molecule has 2 aromatic heterocycles. The maximum atomic E-state index is 11.0. The molecule has 1 saturated carbocycles. The van der Waals surface area contributed by atoms with E-state index in [0.29, 0.717) is 24.7 Å². The second-order valence-corrected chi connectivity index (χ2v) is 6.22. The lowest BCUT2D eigenvalue weighted by molar-refractivity contribution is -0.143. The number of aromatic nitrogens is 2. The van der Waals surface area contributed by atoms with Gasteiger partial charge in [-0.25, -0.2) is 0 Å². The second kappa shape index (κ2) is 6.36. The molecule has 0 spiro atoms. The Hall–Kier alpha value is -1.73. The molecule has 6 nitrogen and oxygen atoms in total. The fourth-order valence-corrected chi connectivity index (χ4v) is 3.31. The van der Waals surface area contributed by atoms with Gasteiger partial charge in [-0.2, -0.15) is 4.98 Å². The molecule has 1 aliphatic rings. The molecule has 112 valence electrons. The number of carboxylic acid groups (broad SMARTS) is 1. The number of hydrogen-bond donors (Lipinski definition) is 2. The van der Waals surface area contributed by atoms with Gasteiger partial charge in [0.15, 0.2) is 5.82 Å². The van der Waals surface area contributed by atoms with E-state index in [4.69, 9.17) is 9.63 Å². The standard InChI is InChI=1S/C14H17N3O3S/c18-14(19)9-3-1-4-10(7-9)15-8-12-16-13(20-17-12)11-5-2-6-21-11/h2,5-6,9-10,15H,1,3-4,7-8H2,(H,18,19). The summed E-state index contributed by atoms with van der Waals surface area (Å²) in [6.07, 6.45) is 3.39. The van der Waals surface area contributed by atoms with Gasteiger partial charge in [-0.05, 0) is 30.7 Å². The van der Waals surface area contributed by atoms with Crippen LogP contribution in [0, 0.1) is 5.92 Å². The van der Waals surface area contributed by atoms with E-state index < -0.39 is 5.97 Å². The molecule has 2 atom stereocenters. The molecule has 2 N–H and O–H groups in total. The molecule has 0 bridgehead atoms. The predicted octanol–water partition coefficient (Wildman–Crippen LogP) is 2.53. The molecule has 2 unspecified atom stereocenters. The first kappa shape index (κ1) is 14.2. The predicted molar refractivity (Wildman–Crippen MR) is 77.8 cm³/mol. The lowest BCUT2D eigenvalue weighted by Crippen LogP contribution is -2.36. The van der Waals surface area contributed by atoms with Crippen LogP contribution in [0.5, 0.6) is 0 Å². The molecule has 0 aliphatic heterocycles. The van der Waals surface area contributed by atoms with E-state index in [1.165, 1.54) is 0 Å². The molecular formula is C14H17N3O3S. The molecule has 3 rings (SSSR count). The summed E-state index contributed by atoms with van der Waals surface area (Å²) in [5.41, 5.74) is 0. The number of aliphatic carboxylic acids is 1. The number of thiophene rings is 1. The van der Waals surface area contributed by atoms with Crippen molar-refractivity contribution in [1.82, 2.24) is 15.5 Å². The van der Waals surface area contributed by atoms with E-state index in [1.807, 2.05) is 17.5 Å². The molecule has 2 heterocycles. The van der Waals surface area contributed by atoms with Crippen molar-refractivity contribution in [2.45, 2.75) is 38.3 Å². The van der Waals surface area contributed by atoms with E-state index in [0.717, 1.165) is 24.1 Å². The molecule has 7 heteroatoms. The third kappa shape index (κ3) is 3.48. The van der Waals surface area contributed by atoms with Crippen LogP contribution in [0.2, 0.25) is 0 Å². The Bertz CT molecular complexity index is 596. The summed E-state index contributed by atoms with van der Waals surface area (Å²) in [5, 5.41) is 18.3. The number of nitrogens with zero attached hydrogens (tertiary/aromatic N) is 2. The Morgan fingerprint density at radius 2 is 2.43 bits per heavy atom. The Labute approximate surface area is 126 Å². The van der Waals surface area contributed by atoms with Gasteiger partial charge in [0.05, 0.1) is 17.3 Å². The molecule has 0 aromatic carbocycles. The van der Waals surface area contributed by atoms with Gasteiger partial charge in [0.2, 0.25) is 0 Å². The smallest absolute Gasteiger partial charge is 0.306 e. The van der Waals surface area contributed by atoms with Gasteiger partial charge in [-0.1, -0.05) is 17.6 Å². The Kier molecular flexibility index (Phi) is 4.31. The van der Waals surface area contributed by atoms with Crippen LogP contribution in [0.1, 0.15) is 31.5 Å². The van der Waals surface area contributed by atoms with Crippen LogP contribution in [0.15, 0.2) is 22.0 Å². The summed E-state index contributed by atoms with van der Waals surface area (Å²) >= 11 is 1.56. The Morgan fingerprint density at radius 1 is 1.52 bits per heavy atom. The van der Waals surface area contributed by atoms with Crippen LogP contribution in [-0.4, -0.2) is 27.3 Å². The summed E-state index contributed by atoms with van der Waals surface area (Å²) in [6, 6.07) is 4.09. The molecular weight excluding hydrogens is 290 g/mol. The van der Waals surface area contributed by atoms with Crippen molar-refractivity contribution in [3.8, 4) is 10.8 Å². The quantitative estimate of drug-likeness (QED) is 0.882. The summed E-state index contributed by atoms with van der Waals surface area (Å²) < 4.78 is 5.22. The van der Waals surface area contributed by atoms with E-state index >= 15 is 0 Å². The van der Waals surface area contributed by atoms with Crippen molar-refractivity contribution in [3.05, 3.63) is 23.3 Å². The van der Waals surface area contributed by atoms with Gasteiger partial charge in [0.25, 0.3) is 5.89 Å². The zero-order chi connectivity index (χ0) is 14.7. The van der Waals surface area contributed by atoms with Crippen molar-refractivity contribution < 1.29 is 14.4 Å². The molecule has 0 saturated heterocycles. The van der Waals surface area contributed by atoms with E-state index in [2.05, 4.69) is 15.5 Å². The van der Waals surface area contributed by atoms with Crippen LogP contribution in [0.4, 0.5) is 0 Å². The molecule has 1 fully saturated rings. The minimum Gasteiger partial charge on any atom is -0.481 e. The van der Waals surface area contributed by atoms with Gasteiger partial charge >= 0.3 is 5.97 Å².